The van der Waals surface area contributed by atoms with Crippen LogP contribution < -0.4 is 0 Å². The lowest BCUT2D eigenvalue weighted by atomic mass is 9.75. The third-order valence-electron chi connectivity index (χ3n) is 4.41. The Bertz CT molecular complexity index is 271. The lowest BCUT2D eigenvalue weighted by Crippen LogP contribution is -2.17. The first-order chi connectivity index (χ1) is 6.08. The van der Waals surface area contributed by atoms with Crippen molar-refractivity contribution in [1.29, 1.82) is 0 Å². The molecule has 0 nitrogen and oxygen atoms in total. The number of hydrogen-bond acceptors (Lipinski definition) is 0. The van der Waals surface area contributed by atoms with E-state index in [1.54, 1.807) is 11.1 Å². The van der Waals surface area contributed by atoms with Gasteiger partial charge in [-0.1, -0.05) is 37.1 Å². The highest BCUT2D eigenvalue weighted by atomic mass is 14.5. The number of fused-ring (bicyclic) bond motifs is 2. The Kier molecular flexibility index (Phi) is 1.74. The SMILES string of the molecule is CCC12C=C(C)C(CC)(C1)C(C)=C2. The van der Waals surface area contributed by atoms with Gasteiger partial charge in [0, 0.05) is 10.8 Å². The van der Waals surface area contributed by atoms with Gasteiger partial charge in [0.05, 0.1) is 0 Å². The Morgan fingerprint density at radius 3 is 1.92 bits per heavy atom. The second-order valence-electron chi connectivity index (χ2n) is 4.85. The van der Waals surface area contributed by atoms with Gasteiger partial charge < -0.3 is 0 Å². The minimum absolute atomic E-state index is 0.435. The van der Waals surface area contributed by atoms with Gasteiger partial charge in [-0.15, -0.1) is 0 Å². The monoisotopic (exact) mass is 176 g/mol. The highest BCUT2D eigenvalue weighted by Gasteiger charge is 2.50. The van der Waals surface area contributed by atoms with Gasteiger partial charge >= 0.3 is 0 Å². The standard InChI is InChI=1S/C13H20/c1-5-12-7-10(3)13(6-2,9-12)11(4)8-12/h7-8H,5-6,9H2,1-4H3. The maximum Gasteiger partial charge on any atom is 0.0124 e. The van der Waals surface area contributed by atoms with E-state index < -0.39 is 0 Å². The van der Waals surface area contributed by atoms with Crippen molar-refractivity contribution in [2.24, 2.45) is 10.8 Å². The lowest BCUT2D eigenvalue weighted by molar-refractivity contribution is 0.352. The van der Waals surface area contributed by atoms with Crippen molar-refractivity contribution >= 4 is 0 Å². The lowest BCUT2D eigenvalue weighted by Gasteiger charge is -2.28. The van der Waals surface area contributed by atoms with E-state index in [1.165, 1.54) is 19.3 Å². The third-order valence-corrected chi connectivity index (χ3v) is 4.41. The Labute approximate surface area is 81.7 Å². The van der Waals surface area contributed by atoms with E-state index in [0.29, 0.717) is 10.8 Å². The molecular weight excluding hydrogens is 156 g/mol. The normalized spacial score (nSPS) is 42.2. The van der Waals surface area contributed by atoms with E-state index in [2.05, 4.69) is 39.8 Å². The summed E-state index contributed by atoms with van der Waals surface area (Å²) < 4.78 is 0. The largest absolute Gasteiger partial charge is 0.0747 e. The molecule has 13 heavy (non-hydrogen) atoms. The summed E-state index contributed by atoms with van der Waals surface area (Å²) in [5, 5.41) is 0. The fourth-order valence-corrected chi connectivity index (χ4v) is 3.45. The van der Waals surface area contributed by atoms with Crippen molar-refractivity contribution in [3.63, 3.8) is 0 Å². The van der Waals surface area contributed by atoms with Gasteiger partial charge in [-0.25, -0.2) is 0 Å². The zero-order valence-electron chi connectivity index (χ0n) is 9.28. The van der Waals surface area contributed by atoms with Crippen LogP contribution in [0.4, 0.5) is 0 Å². The Morgan fingerprint density at radius 2 is 1.62 bits per heavy atom. The second kappa shape index (κ2) is 2.50. The van der Waals surface area contributed by atoms with Crippen molar-refractivity contribution < 1.29 is 0 Å². The predicted molar refractivity (Wildman–Crippen MR) is 57.6 cm³/mol. The van der Waals surface area contributed by atoms with Crippen LogP contribution in [0.15, 0.2) is 23.3 Å². The average molecular weight is 176 g/mol. The summed E-state index contributed by atoms with van der Waals surface area (Å²) in [5.41, 5.74) is 4.13. The van der Waals surface area contributed by atoms with Gasteiger partial charge in [0.2, 0.25) is 0 Å². The molecule has 2 aliphatic rings. The molecule has 0 saturated heterocycles. The highest BCUT2D eigenvalue weighted by Crippen LogP contribution is 2.62. The molecule has 0 aromatic carbocycles. The molecule has 2 rings (SSSR count). The third kappa shape index (κ3) is 0.920. The van der Waals surface area contributed by atoms with Crippen molar-refractivity contribution in [3.05, 3.63) is 23.3 Å². The van der Waals surface area contributed by atoms with Crippen molar-refractivity contribution in [2.45, 2.75) is 47.0 Å². The highest BCUT2D eigenvalue weighted by molar-refractivity contribution is 5.45. The van der Waals surface area contributed by atoms with Crippen LogP contribution in [0.2, 0.25) is 0 Å². The summed E-state index contributed by atoms with van der Waals surface area (Å²) in [5.74, 6) is 0. The van der Waals surface area contributed by atoms with E-state index in [1.807, 2.05) is 0 Å². The molecule has 72 valence electrons. The smallest absolute Gasteiger partial charge is 0.0124 e. The molecule has 0 radical (unpaired) electrons. The van der Waals surface area contributed by atoms with E-state index in [-0.39, 0.29) is 0 Å². The fourth-order valence-electron chi connectivity index (χ4n) is 3.45. The number of hydrogen-bond donors (Lipinski definition) is 0. The van der Waals surface area contributed by atoms with Crippen LogP contribution in [-0.2, 0) is 0 Å². The first-order valence-corrected chi connectivity index (χ1v) is 5.48. The second-order valence-corrected chi connectivity index (χ2v) is 4.85. The van der Waals surface area contributed by atoms with Gasteiger partial charge in [-0.3, -0.25) is 0 Å². The van der Waals surface area contributed by atoms with Gasteiger partial charge in [0.25, 0.3) is 0 Å². The van der Waals surface area contributed by atoms with Crippen LogP contribution >= 0.6 is 0 Å². The number of rotatable bonds is 2. The quantitative estimate of drug-likeness (QED) is 0.556. The molecule has 0 N–H and O–H groups in total. The summed E-state index contributed by atoms with van der Waals surface area (Å²) >= 11 is 0. The maximum absolute atomic E-state index is 2.52. The van der Waals surface area contributed by atoms with Gasteiger partial charge in [0.15, 0.2) is 0 Å². The minimum atomic E-state index is 0.435. The Morgan fingerprint density at radius 1 is 1.08 bits per heavy atom. The van der Waals surface area contributed by atoms with E-state index in [4.69, 9.17) is 0 Å². The molecule has 0 heteroatoms. The minimum Gasteiger partial charge on any atom is -0.0747 e. The molecule has 0 heterocycles. The molecule has 2 aliphatic carbocycles. The first kappa shape index (κ1) is 9.05. The van der Waals surface area contributed by atoms with Crippen molar-refractivity contribution in [3.8, 4) is 0 Å². The van der Waals surface area contributed by atoms with E-state index >= 15 is 0 Å². The molecule has 0 aromatic rings. The van der Waals surface area contributed by atoms with Gasteiger partial charge in [-0.2, -0.15) is 0 Å². The molecule has 0 aliphatic heterocycles. The molecular formula is C13H20. The first-order valence-electron chi connectivity index (χ1n) is 5.48. The summed E-state index contributed by atoms with van der Waals surface area (Å²) in [6.45, 7) is 9.27. The van der Waals surface area contributed by atoms with E-state index in [0.717, 1.165) is 0 Å². The van der Waals surface area contributed by atoms with Gasteiger partial charge in [0.1, 0.15) is 0 Å². The summed E-state index contributed by atoms with van der Waals surface area (Å²) in [4.78, 5) is 0. The Balaban J connectivity index is 2.47. The molecule has 0 unspecified atom stereocenters. The van der Waals surface area contributed by atoms with Gasteiger partial charge in [-0.05, 0) is 33.1 Å². The Hall–Kier alpha value is -0.520. The van der Waals surface area contributed by atoms with Crippen LogP contribution in [0.25, 0.3) is 0 Å². The van der Waals surface area contributed by atoms with Crippen LogP contribution in [0, 0.1) is 10.8 Å². The van der Waals surface area contributed by atoms with Crippen LogP contribution in [0.3, 0.4) is 0 Å². The van der Waals surface area contributed by atoms with Crippen LogP contribution in [-0.4, -0.2) is 0 Å². The zero-order valence-corrected chi connectivity index (χ0v) is 9.28. The van der Waals surface area contributed by atoms with Crippen molar-refractivity contribution in [1.82, 2.24) is 0 Å². The molecule has 0 atom stereocenters. The maximum atomic E-state index is 2.52. The topological polar surface area (TPSA) is 0 Å². The molecule has 2 bridgehead atoms. The number of allylic oxidation sites excluding steroid dienone is 4. The molecule has 0 aromatic heterocycles. The fraction of sp³-hybridized carbons (Fsp3) is 0.692. The molecule has 0 spiro atoms. The van der Waals surface area contributed by atoms with Crippen molar-refractivity contribution in [2.75, 3.05) is 0 Å². The van der Waals surface area contributed by atoms with Crippen LogP contribution in [0.5, 0.6) is 0 Å². The average Bonchev–Trinajstić information content (AvgIpc) is 2.55. The molecule has 0 saturated carbocycles. The molecule has 0 fully saturated rings. The summed E-state index contributed by atoms with van der Waals surface area (Å²) in [6.07, 6.45) is 8.93. The summed E-state index contributed by atoms with van der Waals surface area (Å²) in [7, 11) is 0. The summed E-state index contributed by atoms with van der Waals surface area (Å²) in [6, 6.07) is 0. The predicted octanol–water partition coefficient (Wildman–Crippen LogP) is 4.09. The zero-order chi connectivity index (χ0) is 9.69. The molecule has 0 amide bonds. The van der Waals surface area contributed by atoms with Crippen LogP contribution in [0.1, 0.15) is 47.0 Å². The van der Waals surface area contributed by atoms with E-state index in [9.17, 15) is 0 Å².